The molecule has 1 aromatic carbocycles. The molecule has 4 rings (SSSR count). The number of nitrogens with zero attached hydrogens (tertiary/aromatic N) is 1. The fourth-order valence-corrected chi connectivity index (χ4v) is 3.60. The summed E-state index contributed by atoms with van der Waals surface area (Å²) in [6.07, 6.45) is 5.80. The SMILES string of the molecule is Fc1ccc2c(c1)C(=C1CCNCC1)c1ncccc1CC2. The van der Waals surface area contributed by atoms with E-state index in [4.69, 9.17) is 0 Å². The van der Waals surface area contributed by atoms with Crippen molar-refractivity contribution in [3.8, 4) is 0 Å². The van der Waals surface area contributed by atoms with Crippen LogP contribution in [0.2, 0.25) is 0 Å². The van der Waals surface area contributed by atoms with Crippen LogP contribution in [0.3, 0.4) is 0 Å². The molecule has 112 valence electrons. The van der Waals surface area contributed by atoms with Crippen LogP contribution in [-0.2, 0) is 12.8 Å². The molecule has 0 unspecified atom stereocenters. The van der Waals surface area contributed by atoms with Gasteiger partial charge in [-0.2, -0.15) is 0 Å². The van der Waals surface area contributed by atoms with Gasteiger partial charge in [-0.15, -0.1) is 0 Å². The molecule has 1 fully saturated rings. The Hall–Kier alpha value is -2.00. The second kappa shape index (κ2) is 5.65. The summed E-state index contributed by atoms with van der Waals surface area (Å²) < 4.78 is 13.9. The summed E-state index contributed by atoms with van der Waals surface area (Å²) in [6.45, 7) is 1.98. The lowest BCUT2D eigenvalue weighted by molar-refractivity contribution is 0.611. The third-order valence-electron chi connectivity index (χ3n) is 4.69. The highest BCUT2D eigenvalue weighted by atomic mass is 19.1. The Morgan fingerprint density at radius 3 is 2.64 bits per heavy atom. The van der Waals surface area contributed by atoms with Crippen molar-refractivity contribution in [1.29, 1.82) is 0 Å². The Kier molecular flexibility index (Phi) is 3.51. The number of rotatable bonds is 0. The zero-order valence-electron chi connectivity index (χ0n) is 12.5. The van der Waals surface area contributed by atoms with Crippen molar-refractivity contribution in [2.75, 3.05) is 13.1 Å². The standard InChI is InChI=1S/C19H19FN2/c20-16-6-5-13-3-4-15-2-1-9-22-19(15)18(17(13)12-16)14-7-10-21-11-8-14/h1-2,5-6,9,12,21H,3-4,7-8,10-11H2. The number of hydrogen-bond donors (Lipinski definition) is 1. The van der Waals surface area contributed by atoms with Gasteiger partial charge in [0, 0.05) is 11.8 Å². The normalized spacial score (nSPS) is 17.7. The van der Waals surface area contributed by atoms with E-state index < -0.39 is 0 Å². The minimum atomic E-state index is -0.162. The van der Waals surface area contributed by atoms with E-state index in [0.717, 1.165) is 50.0 Å². The lowest BCUT2D eigenvalue weighted by atomic mass is 9.89. The molecule has 2 aliphatic rings. The molecule has 2 heterocycles. The number of hydrogen-bond acceptors (Lipinski definition) is 2. The summed E-state index contributed by atoms with van der Waals surface area (Å²) in [5.41, 5.74) is 7.22. The summed E-state index contributed by atoms with van der Waals surface area (Å²) in [5, 5.41) is 3.40. The lowest BCUT2D eigenvalue weighted by Gasteiger charge is -2.21. The molecule has 22 heavy (non-hydrogen) atoms. The van der Waals surface area contributed by atoms with E-state index in [1.54, 1.807) is 12.1 Å². The second-order valence-electron chi connectivity index (χ2n) is 6.04. The van der Waals surface area contributed by atoms with E-state index in [9.17, 15) is 4.39 Å². The molecular weight excluding hydrogens is 275 g/mol. The van der Waals surface area contributed by atoms with Gasteiger partial charge in [0.2, 0.25) is 0 Å². The van der Waals surface area contributed by atoms with Crippen molar-refractivity contribution in [3.05, 3.63) is 70.3 Å². The van der Waals surface area contributed by atoms with Crippen LogP contribution in [0, 0.1) is 5.82 Å². The summed E-state index contributed by atoms with van der Waals surface area (Å²) in [5.74, 6) is -0.162. The molecule has 0 saturated carbocycles. The van der Waals surface area contributed by atoms with Gasteiger partial charge in [-0.05, 0) is 73.7 Å². The maximum absolute atomic E-state index is 13.9. The van der Waals surface area contributed by atoms with Crippen molar-refractivity contribution in [1.82, 2.24) is 10.3 Å². The second-order valence-corrected chi connectivity index (χ2v) is 6.04. The van der Waals surface area contributed by atoms with E-state index in [0.29, 0.717) is 0 Å². The van der Waals surface area contributed by atoms with Crippen LogP contribution in [-0.4, -0.2) is 18.1 Å². The molecule has 2 aromatic rings. The van der Waals surface area contributed by atoms with Gasteiger partial charge in [-0.1, -0.05) is 17.7 Å². The van der Waals surface area contributed by atoms with Gasteiger partial charge in [-0.25, -0.2) is 4.39 Å². The maximum Gasteiger partial charge on any atom is 0.123 e. The molecule has 3 heteroatoms. The number of aromatic nitrogens is 1. The predicted octanol–water partition coefficient (Wildman–Crippen LogP) is 3.50. The predicted molar refractivity (Wildman–Crippen MR) is 86.2 cm³/mol. The molecule has 1 aliphatic carbocycles. The van der Waals surface area contributed by atoms with E-state index in [1.165, 1.54) is 22.3 Å². The van der Waals surface area contributed by atoms with Crippen LogP contribution >= 0.6 is 0 Å². The summed E-state index contributed by atoms with van der Waals surface area (Å²) >= 11 is 0. The average Bonchev–Trinajstić information content (AvgIpc) is 2.72. The largest absolute Gasteiger partial charge is 0.316 e. The van der Waals surface area contributed by atoms with Crippen LogP contribution in [0.15, 0.2) is 42.1 Å². The van der Waals surface area contributed by atoms with Gasteiger partial charge in [0.25, 0.3) is 0 Å². The maximum atomic E-state index is 13.9. The molecule has 1 N–H and O–H groups in total. The number of piperidine rings is 1. The Morgan fingerprint density at radius 1 is 0.955 bits per heavy atom. The fourth-order valence-electron chi connectivity index (χ4n) is 3.60. The van der Waals surface area contributed by atoms with Crippen molar-refractivity contribution in [2.45, 2.75) is 25.7 Å². The molecule has 1 aromatic heterocycles. The van der Waals surface area contributed by atoms with Crippen LogP contribution < -0.4 is 5.32 Å². The summed E-state index contributed by atoms with van der Waals surface area (Å²) in [7, 11) is 0. The van der Waals surface area contributed by atoms with Crippen LogP contribution in [0.4, 0.5) is 4.39 Å². The van der Waals surface area contributed by atoms with Gasteiger partial charge in [0.05, 0.1) is 5.69 Å². The Labute approximate surface area is 130 Å². The third kappa shape index (κ3) is 2.35. The van der Waals surface area contributed by atoms with Crippen LogP contribution in [0.1, 0.15) is 35.2 Å². The molecule has 0 radical (unpaired) electrons. The smallest absolute Gasteiger partial charge is 0.123 e. The molecule has 1 aliphatic heterocycles. The highest BCUT2D eigenvalue weighted by Gasteiger charge is 2.23. The molecule has 1 saturated heterocycles. The number of pyridine rings is 1. The molecular formula is C19H19FN2. The Morgan fingerprint density at radius 2 is 1.77 bits per heavy atom. The number of halogens is 1. The lowest BCUT2D eigenvalue weighted by Crippen LogP contribution is -2.24. The molecule has 0 bridgehead atoms. The minimum absolute atomic E-state index is 0.162. The summed E-state index contributed by atoms with van der Waals surface area (Å²) in [4.78, 5) is 4.66. The Bertz CT molecular complexity index is 741. The van der Waals surface area contributed by atoms with E-state index >= 15 is 0 Å². The zero-order valence-corrected chi connectivity index (χ0v) is 12.5. The van der Waals surface area contributed by atoms with Gasteiger partial charge >= 0.3 is 0 Å². The quantitative estimate of drug-likeness (QED) is 0.804. The van der Waals surface area contributed by atoms with Gasteiger partial charge in [-0.3, -0.25) is 4.98 Å². The molecule has 2 nitrogen and oxygen atoms in total. The number of fused-ring (bicyclic) bond motifs is 2. The van der Waals surface area contributed by atoms with Gasteiger partial charge in [0.15, 0.2) is 0 Å². The minimum Gasteiger partial charge on any atom is -0.316 e. The van der Waals surface area contributed by atoms with Crippen molar-refractivity contribution in [2.24, 2.45) is 0 Å². The van der Waals surface area contributed by atoms with E-state index in [1.807, 2.05) is 18.3 Å². The number of aryl methyl sites for hydroxylation is 2. The highest BCUT2D eigenvalue weighted by Crippen LogP contribution is 2.37. The van der Waals surface area contributed by atoms with E-state index in [2.05, 4.69) is 16.4 Å². The first-order valence-electron chi connectivity index (χ1n) is 7.99. The van der Waals surface area contributed by atoms with Crippen LogP contribution in [0.5, 0.6) is 0 Å². The highest BCUT2D eigenvalue weighted by molar-refractivity contribution is 5.84. The number of benzene rings is 1. The van der Waals surface area contributed by atoms with Crippen molar-refractivity contribution < 1.29 is 4.39 Å². The number of nitrogens with one attached hydrogen (secondary N) is 1. The first kappa shape index (κ1) is 13.6. The van der Waals surface area contributed by atoms with E-state index in [-0.39, 0.29) is 5.82 Å². The topological polar surface area (TPSA) is 24.9 Å². The van der Waals surface area contributed by atoms with Crippen molar-refractivity contribution in [3.63, 3.8) is 0 Å². The van der Waals surface area contributed by atoms with Gasteiger partial charge < -0.3 is 5.32 Å². The third-order valence-corrected chi connectivity index (χ3v) is 4.69. The fraction of sp³-hybridized carbons (Fsp3) is 0.316. The molecule has 0 spiro atoms. The zero-order chi connectivity index (χ0) is 14.9. The molecule has 0 atom stereocenters. The average molecular weight is 294 g/mol. The first-order valence-corrected chi connectivity index (χ1v) is 7.99. The monoisotopic (exact) mass is 294 g/mol. The first-order chi connectivity index (χ1) is 10.8. The van der Waals surface area contributed by atoms with Gasteiger partial charge in [0.1, 0.15) is 5.82 Å². The summed E-state index contributed by atoms with van der Waals surface area (Å²) in [6, 6.07) is 9.38. The van der Waals surface area contributed by atoms with Crippen LogP contribution in [0.25, 0.3) is 5.57 Å². The van der Waals surface area contributed by atoms with Crippen molar-refractivity contribution >= 4 is 5.57 Å². The Balaban J connectivity index is 1.99. The molecule has 0 amide bonds.